The van der Waals surface area contributed by atoms with Gasteiger partial charge >= 0.3 is 0 Å². The molecule has 0 bridgehead atoms. The summed E-state index contributed by atoms with van der Waals surface area (Å²) in [5, 5.41) is 4.56. The molecule has 1 heterocycles. The third kappa shape index (κ3) is 1.79. The molecule has 2 nitrogen and oxygen atoms in total. The van der Waals surface area contributed by atoms with E-state index >= 15 is 0 Å². The highest BCUT2D eigenvalue weighted by atomic mass is 35.5. The van der Waals surface area contributed by atoms with Crippen LogP contribution in [-0.2, 0) is 0 Å². The lowest BCUT2D eigenvalue weighted by molar-refractivity contribution is 0.385. The fourth-order valence-corrected chi connectivity index (χ4v) is 3.72. The van der Waals surface area contributed by atoms with Crippen LogP contribution in [0.4, 0.5) is 11.4 Å². The lowest BCUT2D eigenvalue weighted by Crippen LogP contribution is -2.50. The number of likely N-dealkylation sites (N-methyl/N-ethyl adjacent to an activating group) is 1. The van der Waals surface area contributed by atoms with E-state index in [1.165, 1.54) is 42.6 Å². The van der Waals surface area contributed by atoms with Gasteiger partial charge in [-0.05, 0) is 37.5 Å². The number of rotatable bonds is 0. The highest BCUT2D eigenvalue weighted by molar-refractivity contribution is 6.34. The number of anilines is 2. The van der Waals surface area contributed by atoms with Gasteiger partial charge in [-0.2, -0.15) is 0 Å². The molecule has 0 saturated heterocycles. The molecule has 3 rings (SSSR count). The zero-order valence-electron chi connectivity index (χ0n) is 10.5. The van der Waals surface area contributed by atoms with E-state index in [-0.39, 0.29) is 0 Å². The van der Waals surface area contributed by atoms with Crippen molar-refractivity contribution in [2.45, 2.75) is 44.7 Å². The third-order valence-corrected chi connectivity index (χ3v) is 4.42. The first-order valence-corrected chi connectivity index (χ1v) is 6.84. The molecule has 92 valence electrons. The van der Waals surface area contributed by atoms with Gasteiger partial charge in [0.25, 0.3) is 0 Å². The van der Waals surface area contributed by atoms with Crippen LogP contribution in [-0.4, -0.2) is 19.1 Å². The zero-order valence-corrected chi connectivity index (χ0v) is 11.2. The van der Waals surface area contributed by atoms with Crippen LogP contribution >= 0.6 is 11.6 Å². The number of nitrogens with one attached hydrogen (secondary N) is 1. The van der Waals surface area contributed by atoms with E-state index in [4.69, 9.17) is 11.6 Å². The quantitative estimate of drug-likeness (QED) is 0.753. The second-order valence-corrected chi connectivity index (χ2v) is 5.76. The fourth-order valence-electron chi connectivity index (χ4n) is 3.31. The Hall–Kier alpha value is -0.890. The van der Waals surface area contributed by atoms with Crippen LogP contribution in [0.25, 0.3) is 0 Å². The van der Waals surface area contributed by atoms with Gasteiger partial charge in [0.15, 0.2) is 0 Å². The number of fused-ring (bicyclic) bond motifs is 2. The molecule has 3 heteroatoms. The van der Waals surface area contributed by atoms with Crippen LogP contribution in [0.1, 0.15) is 31.2 Å². The summed E-state index contributed by atoms with van der Waals surface area (Å²) < 4.78 is 0. The molecule has 2 unspecified atom stereocenters. The number of halogens is 1. The molecule has 1 N–H and O–H groups in total. The predicted molar refractivity (Wildman–Crippen MR) is 74.3 cm³/mol. The Morgan fingerprint density at radius 1 is 1.29 bits per heavy atom. The van der Waals surface area contributed by atoms with Crippen LogP contribution in [0.5, 0.6) is 0 Å². The molecule has 0 spiro atoms. The second kappa shape index (κ2) is 4.09. The minimum Gasteiger partial charge on any atom is -0.379 e. The Labute approximate surface area is 108 Å². The van der Waals surface area contributed by atoms with Gasteiger partial charge < -0.3 is 10.2 Å². The highest BCUT2D eigenvalue weighted by Gasteiger charge is 2.34. The van der Waals surface area contributed by atoms with E-state index in [9.17, 15) is 0 Å². The fraction of sp³-hybridized carbons (Fsp3) is 0.571. The smallest absolute Gasteiger partial charge is 0.0792 e. The molecular formula is C14H19ClN2. The van der Waals surface area contributed by atoms with E-state index in [2.05, 4.69) is 36.3 Å². The Morgan fingerprint density at radius 2 is 2.06 bits per heavy atom. The largest absolute Gasteiger partial charge is 0.379 e. The first-order chi connectivity index (χ1) is 8.16. The van der Waals surface area contributed by atoms with E-state index < -0.39 is 0 Å². The van der Waals surface area contributed by atoms with Crippen molar-refractivity contribution >= 4 is 23.0 Å². The molecule has 1 fully saturated rings. The minimum absolute atomic E-state index is 0.596. The van der Waals surface area contributed by atoms with Crippen LogP contribution < -0.4 is 10.2 Å². The summed E-state index contributed by atoms with van der Waals surface area (Å²) in [6, 6.07) is 5.47. The molecule has 0 radical (unpaired) electrons. The molecular weight excluding hydrogens is 232 g/mol. The molecule has 1 aromatic rings. The highest BCUT2D eigenvalue weighted by Crippen LogP contribution is 2.42. The SMILES string of the molecule is Cc1cc(Cl)c2c(c1)NC1CCCCC1N2C. The summed E-state index contributed by atoms with van der Waals surface area (Å²) in [4.78, 5) is 2.39. The maximum Gasteiger partial charge on any atom is 0.0792 e. The Kier molecular flexibility index (Phi) is 2.70. The Bertz CT molecular complexity index is 444. The summed E-state index contributed by atoms with van der Waals surface area (Å²) in [7, 11) is 2.18. The van der Waals surface area contributed by atoms with Crippen LogP contribution in [0, 0.1) is 6.92 Å². The average Bonchev–Trinajstić information content (AvgIpc) is 2.28. The number of hydrogen-bond acceptors (Lipinski definition) is 2. The lowest BCUT2D eigenvalue weighted by atomic mass is 9.87. The first kappa shape index (κ1) is 11.2. The predicted octanol–water partition coefficient (Wildman–Crippen LogP) is 3.82. The molecule has 1 aliphatic carbocycles. The molecule has 1 aliphatic heterocycles. The van der Waals surface area contributed by atoms with Crippen molar-refractivity contribution < 1.29 is 0 Å². The van der Waals surface area contributed by atoms with Crippen molar-refractivity contribution in [3.05, 3.63) is 22.7 Å². The maximum absolute atomic E-state index is 6.39. The van der Waals surface area contributed by atoms with Crippen LogP contribution in [0.2, 0.25) is 5.02 Å². The van der Waals surface area contributed by atoms with Crippen molar-refractivity contribution in [3.8, 4) is 0 Å². The van der Waals surface area contributed by atoms with Crippen molar-refractivity contribution in [2.75, 3.05) is 17.3 Å². The number of aryl methyl sites for hydroxylation is 1. The van der Waals surface area contributed by atoms with Crippen molar-refractivity contribution in [1.29, 1.82) is 0 Å². The maximum atomic E-state index is 6.39. The van der Waals surface area contributed by atoms with Gasteiger partial charge in [0.1, 0.15) is 0 Å². The van der Waals surface area contributed by atoms with Crippen molar-refractivity contribution in [2.24, 2.45) is 0 Å². The van der Waals surface area contributed by atoms with E-state index in [0.29, 0.717) is 12.1 Å². The summed E-state index contributed by atoms with van der Waals surface area (Å²) in [6.45, 7) is 2.10. The van der Waals surface area contributed by atoms with Gasteiger partial charge in [-0.25, -0.2) is 0 Å². The molecule has 2 aliphatic rings. The summed E-state index contributed by atoms with van der Waals surface area (Å²) in [5.74, 6) is 0. The number of hydrogen-bond donors (Lipinski definition) is 1. The van der Waals surface area contributed by atoms with Crippen molar-refractivity contribution in [1.82, 2.24) is 0 Å². The van der Waals surface area contributed by atoms with E-state index in [0.717, 1.165) is 5.02 Å². The van der Waals surface area contributed by atoms with E-state index in [1.807, 2.05) is 0 Å². The summed E-state index contributed by atoms with van der Waals surface area (Å²) in [5.41, 5.74) is 3.62. The molecule has 2 atom stereocenters. The summed E-state index contributed by atoms with van der Waals surface area (Å²) >= 11 is 6.39. The molecule has 0 aromatic heterocycles. The standard InChI is InChI=1S/C14H19ClN2/c1-9-7-10(15)14-12(8-9)16-11-5-3-4-6-13(11)17(14)2/h7-8,11,13,16H,3-6H2,1-2H3. The normalized spacial score (nSPS) is 27.1. The average molecular weight is 251 g/mol. The topological polar surface area (TPSA) is 15.3 Å². The lowest BCUT2D eigenvalue weighted by Gasteiger charge is -2.45. The monoisotopic (exact) mass is 250 g/mol. The molecule has 1 saturated carbocycles. The van der Waals surface area contributed by atoms with Gasteiger partial charge in [0.05, 0.1) is 16.4 Å². The van der Waals surface area contributed by atoms with Crippen LogP contribution in [0.3, 0.4) is 0 Å². The first-order valence-electron chi connectivity index (χ1n) is 6.46. The Balaban J connectivity index is 2.05. The van der Waals surface area contributed by atoms with Gasteiger partial charge in [0.2, 0.25) is 0 Å². The number of benzene rings is 1. The van der Waals surface area contributed by atoms with Crippen molar-refractivity contribution in [3.63, 3.8) is 0 Å². The third-order valence-electron chi connectivity index (χ3n) is 4.13. The second-order valence-electron chi connectivity index (χ2n) is 5.36. The molecule has 17 heavy (non-hydrogen) atoms. The van der Waals surface area contributed by atoms with Gasteiger partial charge in [-0.15, -0.1) is 0 Å². The van der Waals surface area contributed by atoms with Crippen LogP contribution in [0.15, 0.2) is 12.1 Å². The zero-order chi connectivity index (χ0) is 12.0. The summed E-state index contributed by atoms with van der Waals surface area (Å²) in [6.07, 6.45) is 5.24. The number of nitrogens with zero attached hydrogens (tertiary/aromatic N) is 1. The minimum atomic E-state index is 0.596. The van der Waals surface area contributed by atoms with Gasteiger partial charge in [-0.1, -0.05) is 24.4 Å². The molecule has 1 aromatic carbocycles. The molecule has 0 amide bonds. The van der Waals surface area contributed by atoms with Gasteiger partial charge in [0, 0.05) is 19.1 Å². The Morgan fingerprint density at radius 3 is 2.88 bits per heavy atom. The van der Waals surface area contributed by atoms with E-state index in [1.54, 1.807) is 0 Å². The van der Waals surface area contributed by atoms with Gasteiger partial charge in [-0.3, -0.25) is 0 Å².